The van der Waals surface area contributed by atoms with E-state index in [0.29, 0.717) is 35.8 Å². The zero-order valence-electron chi connectivity index (χ0n) is 26.9. The van der Waals surface area contributed by atoms with Gasteiger partial charge in [-0.3, -0.25) is 4.79 Å². The molecule has 0 unspecified atom stereocenters. The van der Waals surface area contributed by atoms with Crippen molar-refractivity contribution < 1.29 is 43.2 Å². The second-order valence-electron chi connectivity index (χ2n) is 9.31. The smallest absolute Gasteiger partial charge is 0.366 e. The van der Waals surface area contributed by atoms with Gasteiger partial charge in [-0.2, -0.15) is 4.39 Å². The SMILES string of the molecule is C=C(C)C=O.C=C(F)C(=O)OCCOc1ccc(C#Cc2ccc(OC(=O)c3ccccc3)c(C)c2)cc1.CCCO.CCCO. The molecule has 2 N–H and O–H groups in total. The highest BCUT2D eigenvalue weighted by Crippen LogP contribution is 2.20. The lowest BCUT2D eigenvalue weighted by atomic mass is 10.1. The van der Waals surface area contributed by atoms with Crippen molar-refractivity contribution in [3.05, 3.63) is 120 Å². The molecule has 0 aliphatic heterocycles. The molecule has 3 aromatic rings. The summed E-state index contributed by atoms with van der Waals surface area (Å²) in [5.74, 6) is 4.54. The van der Waals surface area contributed by atoms with Gasteiger partial charge in [-0.15, -0.1) is 0 Å². The molecular weight excluding hydrogens is 591 g/mol. The van der Waals surface area contributed by atoms with Crippen LogP contribution in [0.4, 0.5) is 4.39 Å². The number of ether oxygens (including phenoxy) is 3. The van der Waals surface area contributed by atoms with Crippen LogP contribution in [0.5, 0.6) is 11.5 Å². The van der Waals surface area contributed by atoms with Gasteiger partial charge in [0.25, 0.3) is 0 Å². The van der Waals surface area contributed by atoms with Crippen molar-refractivity contribution >= 4 is 18.2 Å². The van der Waals surface area contributed by atoms with Crippen molar-refractivity contribution in [3.8, 4) is 23.3 Å². The highest BCUT2D eigenvalue weighted by atomic mass is 19.1. The number of aliphatic hydroxyl groups excluding tert-OH is 2. The first kappa shape index (κ1) is 41.0. The molecule has 0 saturated heterocycles. The highest BCUT2D eigenvalue weighted by molar-refractivity contribution is 5.91. The largest absolute Gasteiger partial charge is 0.490 e. The number of aldehydes is 1. The lowest BCUT2D eigenvalue weighted by Gasteiger charge is -2.07. The molecule has 0 saturated carbocycles. The van der Waals surface area contributed by atoms with Crippen molar-refractivity contribution in [3.63, 3.8) is 0 Å². The molecule has 0 aliphatic carbocycles. The molecule has 0 bridgehead atoms. The molecule has 8 nitrogen and oxygen atoms in total. The summed E-state index contributed by atoms with van der Waals surface area (Å²) in [6, 6.07) is 21.2. The first-order valence-electron chi connectivity index (χ1n) is 14.5. The Morgan fingerprint density at radius 2 is 1.39 bits per heavy atom. The Hall–Kier alpha value is -5.04. The molecule has 9 heteroatoms. The van der Waals surface area contributed by atoms with Gasteiger partial charge in [0.2, 0.25) is 5.83 Å². The van der Waals surface area contributed by atoms with E-state index in [-0.39, 0.29) is 13.2 Å². The van der Waals surface area contributed by atoms with Crippen LogP contribution in [-0.2, 0) is 14.3 Å². The van der Waals surface area contributed by atoms with Gasteiger partial charge in [0.05, 0.1) is 5.56 Å². The minimum atomic E-state index is -1.14. The van der Waals surface area contributed by atoms with Crippen LogP contribution in [0.15, 0.2) is 97.4 Å². The van der Waals surface area contributed by atoms with Crippen LogP contribution >= 0.6 is 0 Å². The van der Waals surface area contributed by atoms with Crippen LogP contribution in [0.3, 0.4) is 0 Å². The molecule has 0 amide bonds. The topological polar surface area (TPSA) is 119 Å². The van der Waals surface area contributed by atoms with Crippen LogP contribution in [0.1, 0.15) is 60.7 Å². The van der Waals surface area contributed by atoms with Gasteiger partial charge in [0.15, 0.2) is 0 Å². The molecule has 0 heterocycles. The summed E-state index contributed by atoms with van der Waals surface area (Å²) in [6.07, 6.45) is 2.47. The van der Waals surface area contributed by atoms with Gasteiger partial charge >= 0.3 is 11.9 Å². The number of benzene rings is 3. The van der Waals surface area contributed by atoms with Crippen molar-refractivity contribution in [2.75, 3.05) is 26.4 Å². The van der Waals surface area contributed by atoms with E-state index in [2.05, 4.69) is 29.7 Å². The fraction of sp³-hybridized carbons (Fsp3) is 0.270. The van der Waals surface area contributed by atoms with E-state index in [9.17, 15) is 18.8 Å². The molecule has 0 spiro atoms. The molecule has 0 aliphatic rings. The summed E-state index contributed by atoms with van der Waals surface area (Å²) >= 11 is 0. The number of carbonyl (C=O) groups excluding carboxylic acids is 3. The van der Waals surface area contributed by atoms with Crippen LogP contribution in [0.2, 0.25) is 0 Å². The van der Waals surface area contributed by atoms with E-state index in [1.165, 1.54) is 0 Å². The maximum absolute atomic E-state index is 12.5. The average Bonchev–Trinajstić information content (AvgIpc) is 3.08. The zero-order valence-corrected chi connectivity index (χ0v) is 26.9. The molecule has 0 aromatic heterocycles. The average molecular weight is 635 g/mol. The fourth-order valence-corrected chi connectivity index (χ4v) is 2.73. The summed E-state index contributed by atoms with van der Waals surface area (Å²) in [7, 11) is 0. The first-order valence-corrected chi connectivity index (χ1v) is 14.5. The van der Waals surface area contributed by atoms with Gasteiger partial charge in [0, 0.05) is 24.3 Å². The lowest BCUT2D eigenvalue weighted by molar-refractivity contribution is -0.141. The Bertz CT molecular complexity index is 1410. The molecule has 0 fully saturated rings. The number of halogens is 1. The summed E-state index contributed by atoms with van der Waals surface area (Å²) in [5.41, 5.74) is 3.42. The van der Waals surface area contributed by atoms with E-state index in [0.717, 1.165) is 35.8 Å². The van der Waals surface area contributed by atoms with E-state index in [1.54, 1.807) is 67.6 Å². The third-order valence-electron chi connectivity index (χ3n) is 5.05. The Morgan fingerprint density at radius 3 is 1.87 bits per heavy atom. The molecule has 3 aromatic carbocycles. The van der Waals surface area contributed by atoms with Crippen LogP contribution in [0, 0.1) is 18.8 Å². The normalized spacial score (nSPS) is 9.11. The Kier molecular flexibility index (Phi) is 22.5. The van der Waals surface area contributed by atoms with E-state index in [4.69, 9.17) is 19.7 Å². The minimum Gasteiger partial charge on any atom is -0.490 e. The van der Waals surface area contributed by atoms with E-state index < -0.39 is 17.8 Å². The van der Waals surface area contributed by atoms with Gasteiger partial charge in [-0.25, -0.2) is 9.59 Å². The third-order valence-corrected chi connectivity index (χ3v) is 5.05. The standard InChI is InChI=1S/C27H21FO5.C4H6O.2C3H8O/c1-19-18-22(12-15-25(19)33-27(30)23-6-4-3-5-7-23)9-8-21-10-13-24(14-11-21)31-16-17-32-26(29)20(2)28;1-4(2)3-5;2*1-2-3-4/h3-7,10-15,18H,2,16-17H2,1H3;3H,1H2,2H3;2*4H,2-3H2,1H3. The highest BCUT2D eigenvalue weighted by Gasteiger charge is 2.10. The van der Waals surface area contributed by atoms with Crippen LogP contribution in [-0.4, -0.2) is 54.9 Å². The number of allylic oxidation sites excluding steroid dienone is 1. The van der Waals surface area contributed by atoms with Crippen LogP contribution < -0.4 is 9.47 Å². The van der Waals surface area contributed by atoms with E-state index in [1.807, 2.05) is 32.9 Å². The lowest BCUT2D eigenvalue weighted by Crippen LogP contribution is -2.12. The number of aryl methyl sites for hydroxylation is 1. The van der Waals surface area contributed by atoms with Crippen LogP contribution in [0.25, 0.3) is 0 Å². The molecule has 0 radical (unpaired) electrons. The zero-order chi connectivity index (χ0) is 34.7. The molecular formula is C37H43FO8. The van der Waals surface area contributed by atoms with Crippen molar-refractivity contribution in [2.45, 2.75) is 40.5 Å². The summed E-state index contributed by atoms with van der Waals surface area (Å²) in [4.78, 5) is 32.6. The Balaban J connectivity index is 0.00000132. The number of esters is 2. The Morgan fingerprint density at radius 1 is 0.870 bits per heavy atom. The maximum Gasteiger partial charge on any atom is 0.366 e. The predicted molar refractivity (Wildman–Crippen MR) is 177 cm³/mol. The molecule has 246 valence electrons. The van der Waals surface area contributed by atoms with E-state index >= 15 is 0 Å². The first-order chi connectivity index (χ1) is 22.0. The minimum absolute atomic E-state index is 0.0840. The summed E-state index contributed by atoms with van der Waals surface area (Å²) in [5, 5.41) is 15.8. The predicted octanol–water partition coefficient (Wildman–Crippen LogP) is 6.56. The van der Waals surface area contributed by atoms with Crippen molar-refractivity contribution in [1.29, 1.82) is 0 Å². The molecule has 3 rings (SSSR count). The number of carbonyl (C=O) groups is 3. The van der Waals surface area contributed by atoms with Gasteiger partial charge < -0.3 is 24.4 Å². The second-order valence-corrected chi connectivity index (χ2v) is 9.31. The quantitative estimate of drug-likeness (QED) is 0.0643. The molecule has 0 atom stereocenters. The molecule has 46 heavy (non-hydrogen) atoms. The number of aliphatic hydroxyl groups is 2. The Labute approximate surface area is 271 Å². The van der Waals surface area contributed by atoms with Gasteiger partial charge in [0.1, 0.15) is 31.0 Å². The second kappa shape index (κ2) is 25.3. The number of rotatable bonds is 10. The maximum atomic E-state index is 12.5. The van der Waals surface area contributed by atoms with Crippen molar-refractivity contribution in [2.24, 2.45) is 0 Å². The summed E-state index contributed by atoms with van der Waals surface area (Å²) in [6.45, 7) is 14.2. The van der Waals surface area contributed by atoms with Crippen molar-refractivity contribution in [1.82, 2.24) is 0 Å². The fourth-order valence-electron chi connectivity index (χ4n) is 2.73. The van der Waals surface area contributed by atoms with Gasteiger partial charge in [-0.1, -0.05) is 57.0 Å². The van der Waals surface area contributed by atoms with Gasteiger partial charge in [-0.05, 0) is 92.4 Å². The number of hydrogen-bond acceptors (Lipinski definition) is 8. The number of hydrogen-bond donors (Lipinski definition) is 2. The summed E-state index contributed by atoms with van der Waals surface area (Å²) < 4.78 is 28.0. The monoisotopic (exact) mass is 634 g/mol. The third kappa shape index (κ3) is 19.3.